The average molecular weight is 368 g/mol. The molecule has 0 radical (unpaired) electrons. The van der Waals surface area contributed by atoms with Crippen LogP contribution in [0.4, 0.5) is 0 Å². The lowest BCUT2D eigenvalue weighted by Crippen LogP contribution is -2.52. The van der Waals surface area contributed by atoms with Gasteiger partial charge >= 0.3 is 0 Å². The largest absolute Gasteiger partial charge is 0.356 e. The zero-order valence-electron chi connectivity index (χ0n) is 15.2. The Kier molecular flexibility index (Phi) is 5.20. The zero-order valence-corrected chi connectivity index (χ0v) is 15.2. The third kappa shape index (κ3) is 3.88. The third-order valence-electron chi connectivity index (χ3n) is 5.25. The number of benzene rings is 1. The predicted molar refractivity (Wildman–Crippen MR) is 98.8 cm³/mol. The molecule has 2 amide bonds. The molecular formula is C20H24N4O3. The SMILES string of the molecule is O=C1CO[C@H](C(=O)NCc2n[nH]c3c2CCCCC3)[C@@H](c2ccccc2)N1. The number of amides is 2. The van der Waals surface area contributed by atoms with E-state index in [4.69, 9.17) is 4.74 Å². The highest BCUT2D eigenvalue weighted by molar-refractivity contribution is 5.86. The van der Waals surface area contributed by atoms with Crippen molar-refractivity contribution < 1.29 is 14.3 Å². The fourth-order valence-electron chi connectivity index (χ4n) is 3.84. The Morgan fingerprint density at radius 3 is 2.85 bits per heavy atom. The van der Waals surface area contributed by atoms with Crippen LogP contribution in [0.15, 0.2) is 30.3 Å². The van der Waals surface area contributed by atoms with Crippen molar-refractivity contribution in [1.82, 2.24) is 20.8 Å². The second-order valence-corrected chi connectivity index (χ2v) is 7.09. The summed E-state index contributed by atoms with van der Waals surface area (Å²) in [5, 5.41) is 13.3. The van der Waals surface area contributed by atoms with Crippen LogP contribution in [0, 0.1) is 0 Å². The van der Waals surface area contributed by atoms with Crippen molar-refractivity contribution in [3.05, 3.63) is 52.8 Å². The minimum atomic E-state index is -0.761. The van der Waals surface area contributed by atoms with Crippen LogP contribution in [0.3, 0.4) is 0 Å². The maximum absolute atomic E-state index is 12.8. The van der Waals surface area contributed by atoms with E-state index in [1.807, 2.05) is 30.3 Å². The number of carbonyl (C=O) groups excluding carboxylic acids is 2. The summed E-state index contributed by atoms with van der Waals surface area (Å²) in [5.41, 5.74) is 4.18. The molecule has 0 saturated carbocycles. The van der Waals surface area contributed by atoms with Gasteiger partial charge in [0.05, 0.1) is 18.3 Å². The van der Waals surface area contributed by atoms with Crippen molar-refractivity contribution >= 4 is 11.8 Å². The number of fused-ring (bicyclic) bond motifs is 1. The quantitative estimate of drug-likeness (QED) is 0.714. The van der Waals surface area contributed by atoms with Gasteiger partial charge in [0.2, 0.25) is 5.91 Å². The van der Waals surface area contributed by atoms with Crippen LogP contribution in [0.25, 0.3) is 0 Å². The maximum atomic E-state index is 12.8. The predicted octanol–water partition coefficient (Wildman–Crippen LogP) is 1.55. The van der Waals surface area contributed by atoms with E-state index in [1.165, 1.54) is 24.1 Å². The highest BCUT2D eigenvalue weighted by atomic mass is 16.5. The van der Waals surface area contributed by atoms with Gasteiger partial charge in [-0.05, 0) is 36.8 Å². The zero-order chi connectivity index (χ0) is 18.6. The number of H-pyrrole nitrogens is 1. The summed E-state index contributed by atoms with van der Waals surface area (Å²) in [6.45, 7) is 0.249. The van der Waals surface area contributed by atoms with E-state index < -0.39 is 12.1 Å². The lowest BCUT2D eigenvalue weighted by molar-refractivity contribution is -0.148. The van der Waals surface area contributed by atoms with Crippen LogP contribution in [-0.4, -0.2) is 34.7 Å². The van der Waals surface area contributed by atoms with Crippen LogP contribution < -0.4 is 10.6 Å². The molecule has 0 spiro atoms. The van der Waals surface area contributed by atoms with Gasteiger partial charge in [-0.2, -0.15) is 5.10 Å². The lowest BCUT2D eigenvalue weighted by atomic mass is 9.99. The molecule has 1 aliphatic heterocycles. The van der Waals surface area contributed by atoms with Gasteiger partial charge in [-0.1, -0.05) is 36.8 Å². The molecule has 2 atom stereocenters. The number of aromatic nitrogens is 2. The Morgan fingerprint density at radius 1 is 1.19 bits per heavy atom. The first-order valence-electron chi connectivity index (χ1n) is 9.51. The van der Waals surface area contributed by atoms with Gasteiger partial charge in [0.25, 0.3) is 5.91 Å². The molecule has 1 aromatic heterocycles. The molecule has 1 aromatic carbocycles. The molecule has 4 rings (SSSR count). The monoisotopic (exact) mass is 368 g/mol. The molecule has 1 saturated heterocycles. The van der Waals surface area contributed by atoms with E-state index in [0.717, 1.165) is 30.5 Å². The van der Waals surface area contributed by atoms with Crippen molar-refractivity contribution in [3.8, 4) is 0 Å². The lowest BCUT2D eigenvalue weighted by Gasteiger charge is -2.31. The van der Waals surface area contributed by atoms with Crippen LogP contribution in [0.1, 0.15) is 47.8 Å². The summed E-state index contributed by atoms with van der Waals surface area (Å²) in [6, 6.07) is 8.92. The van der Waals surface area contributed by atoms with Gasteiger partial charge < -0.3 is 15.4 Å². The summed E-state index contributed by atoms with van der Waals surface area (Å²) in [5.74, 6) is -0.459. The van der Waals surface area contributed by atoms with Crippen LogP contribution >= 0.6 is 0 Å². The molecule has 7 heteroatoms. The van der Waals surface area contributed by atoms with Gasteiger partial charge in [-0.25, -0.2) is 0 Å². The first-order valence-corrected chi connectivity index (χ1v) is 9.51. The molecular weight excluding hydrogens is 344 g/mol. The van der Waals surface area contributed by atoms with Crippen LogP contribution in [0.2, 0.25) is 0 Å². The van der Waals surface area contributed by atoms with Crippen molar-refractivity contribution in [2.24, 2.45) is 0 Å². The first kappa shape index (κ1) is 17.7. The van der Waals surface area contributed by atoms with E-state index in [0.29, 0.717) is 6.54 Å². The summed E-state index contributed by atoms with van der Waals surface area (Å²) in [6.07, 6.45) is 4.81. The van der Waals surface area contributed by atoms with Crippen molar-refractivity contribution in [1.29, 1.82) is 0 Å². The molecule has 1 aliphatic carbocycles. The van der Waals surface area contributed by atoms with Crippen molar-refractivity contribution in [2.45, 2.75) is 50.8 Å². The standard InChI is InChI=1S/C20H24N4O3/c25-17-12-27-19(18(22-17)13-7-3-1-4-8-13)20(26)21-11-16-14-9-5-2-6-10-15(14)23-24-16/h1,3-4,7-8,18-19H,2,5-6,9-12H2,(H,21,26)(H,22,25)(H,23,24)/t18-,19+/m1/s1. The number of hydrogen-bond acceptors (Lipinski definition) is 4. The van der Waals surface area contributed by atoms with Crippen molar-refractivity contribution in [3.63, 3.8) is 0 Å². The molecule has 2 aromatic rings. The summed E-state index contributed by atoms with van der Waals surface area (Å²) in [4.78, 5) is 24.6. The number of carbonyl (C=O) groups is 2. The van der Waals surface area contributed by atoms with Gasteiger partial charge in [-0.3, -0.25) is 14.7 Å². The fourth-order valence-corrected chi connectivity index (χ4v) is 3.84. The smallest absolute Gasteiger partial charge is 0.251 e. The number of rotatable bonds is 4. The minimum absolute atomic E-state index is 0.112. The number of morpholine rings is 1. The Balaban J connectivity index is 1.45. The van der Waals surface area contributed by atoms with Gasteiger partial charge in [0.15, 0.2) is 6.10 Å². The van der Waals surface area contributed by atoms with Crippen LogP contribution in [0.5, 0.6) is 0 Å². The molecule has 1 fully saturated rings. The molecule has 3 N–H and O–H groups in total. The maximum Gasteiger partial charge on any atom is 0.251 e. The number of nitrogens with one attached hydrogen (secondary N) is 3. The molecule has 7 nitrogen and oxygen atoms in total. The van der Waals surface area contributed by atoms with Gasteiger partial charge in [-0.15, -0.1) is 0 Å². The number of aromatic amines is 1. The fraction of sp³-hybridized carbons (Fsp3) is 0.450. The number of ether oxygens (including phenoxy) is 1. The van der Waals surface area contributed by atoms with Crippen LogP contribution in [-0.2, 0) is 33.7 Å². The molecule has 0 bridgehead atoms. The van der Waals surface area contributed by atoms with Crippen molar-refractivity contribution in [2.75, 3.05) is 6.61 Å². The normalized spacial score (nSPS) is 22.4. The highest BCUT2D eigenvalue weighted by Crippen LogP contribution is 2.24. The van der Waals surface area contributed by atoms with Gasteiger partial charge in [0.1, 0.15) is 6.61 Å². The van der Waals surface area contributed by atoms with E-state index in [1.54, 1.807) is 0 Å². The first-order chi connectivity index (χ1) is 13.2. The third-order valence-corrected chi connectivity index (χ3v) is 5.25. The second kappa shape index (κ2) is 7.92. The number of nitrogens with zero attached hydrogens (tertiary/aromatic N) is 1. The molecule has 2 heterocycles. The summed E-state index contributed by atoms with van der Waals surface area (Å²) in [7, 11) is 0. The molecule has 27 heavy (non-hydrogen) atoms. The average Bonchev–Trinajstić information content (AvgIpc) is 2.92. The Morgan fingerprint density at radius 2 is 2.00 bits per heavy atom. The van der Waals surface area contributed by atoms with Gasteiger partial charge in [0, 0.05) is 5.69 Å². The van der Waals surface area contributed by atoms with E-state index in [2.05, 4.69) is 20.8 Å². The second-order valence-electron chi connectivity index (χ2n) is 7.09. The molecule has 2 aliphatic rings. The Bertz CT molecular complexity index is 818. The van der Waals surface area contributed by atoms with E-state index >= 15 is 0 Å². The Labute approximate surface area is 157 Å². The molecule has 142 valence electrons. The summed E-state index contributed by atoms with van der Waals surface area (Å²) >= 11 is 0. The minimum Gasteiger partial charge on any atom is -0.356 e. The Hall–Kier alpha value is -2.67. The van der Waals surface area contributed by atoms with E-state index in [-0.39, 0.29) is 18.4 Å². The highest BCUT2D eigenvalue weighted by Gasteiger charge is 2.36. The number of hydrogen-bond donors (Lipinski definition) is 3. The van der Waals surface area contributed by atoms with E-state index in [9.17, 15) is 9.59 Å². The summed E-state index contributed by atoms with van der Waals surface area (Å²) < 4.78 is 5.57. The topological polar surface area (TPSA) is 96.1 Å². The molecule has 0 unspecified atom stereocenters. The number of aryl methyl sites for hydroxylation is 1.